The van der Waals surface area contributed by atoms with E-state index in [1.165, 1.54) is 17.4 Å². The Morgan fingerprint density at radius 3 is 1.92 bits per heavy atom. The summed E-state index contributed by atoms with van der Waals surface area (Å²) in [5.41, 5.74) is -7.00. The van der Waals surface area contributed by atoms with Crippen molar-refractivity contribution in [2.24, 2.45) is 0 Å². The van der Waals surface area contributed by atoms with E-state index < -0.39 is 69.7 Å². The van der Waals surface area contributed by atoms with Gasteiger partial charge in [-0.05, 0) is 17.5 Å². The lowest BCUT2D eigenvalue weighted by Crippen LogP contribution is -2.20. The number of benzene rings is 2. The Morgan fingerprint density at radius 2 is 1.44 bits per heavy atom. The van der Waals surface area contributed by atoms with Gasteiger partial charge in [0, 0.05) is 5.56 Å². The number of amides is 1. The van der Waals surface area contributed by atoms with Crippen LogP contribution in [-0.4, -0.2) is 20.5 Å². The summed E-state index contributed by atoms with van der Waals surface area (Å²) in [5.74, 6) is -12.4. The monoisotopic (exact) mass is 564 g/mol. The lowest BCUT2D eigenvalue weighted by atomic mass is 10.0. The van der Waals surface area contributed by atoms with Gasteiger partial charge in [-0.25, -0.2) is 27.1 Å². The van der Waals surface area contributed by atoms with E-state index in [0.717, 1.165) is 5.56 Å². The summed E-state index contributed by atoms with van der Waals surface area (Å²) >= 11 is 0. The molecule has 0 saturated heterocycles. The van der Waals surface area contributed by atoms with Crippen LogP contribution in [0.1, 0.15) is 46.9 Å². The third-order valence-electron chi connectivity index (χ3n) is 5.67. The van der Waals surface area contributed by atoms with Crippen LogP contribution >= 0.6 is 0 Å². The second-order valence-corrected chi connectivity index (χ2v) is 8.55. The summed E-state index contributed by atoms with van der Waals surface area (Å²) in [6.45, 7) is 3.77. The highest BCUT2D eigenvalue weighted by Gasteiger charge is 2.43. The molecule has 0 bridgehead atoms. The number of carbonyl (C=O) groups is 1. The number of halogens is 10. The molecule has 2 aromatic carbocycles. The molecule has 15 heteroatoms. The Hall–Kier alpha value is -4.17. The molecular weight excluding hydrogens is 550 g/mol. The first-order valence-electron chi connectivity index (χ1n) is 10.8. The van der Waals surface area contributed by atoms with Crippen LogP contribution in [0.5, 0.6) is 0 Å². The largest absolute Gasteiger partial charge is 0.433 e. The van der Waals surface area contributed by atoms with Crippen LogP contribution in [0.2, 0.25) is 0 Å². The molecule has 2 aromatic heterocycles. The Labute approximate surface area is 212 Å². The third kappa shape index (κ3) is 5.00. The topological polar surface area (TPSA) is 59.3 Å². The fourth-order valence-corrected chi connectivity index (χ4v) is 3.68. The van der Waals surface area contributed by atoms with Gasteiger partial charge in [-0.15, -0.1) is 0 Å². The zero-order valence-corrected chi connectivity index (χ0v) is 19.6. The number of nitrogens with one attached hydrogen (secondary N) is 1. The molecule has 0 aliphatic heterocycles. The van der Waals surface area contributed by atoms with Crippen molar-refractivity contribution in [1.82, 2.24) is 14.6 Å². The number of alkyl halides is 6. The van der Waals surface area contributed by atoms with Crippen molar-refractivity contribution in [2.75, 3.05) is 5.32 Å². The number of anilines is 1. The molecule has 206 valence electrons. The smallest absolute Gasteiger partial charge is 0.317 e. The van der Waals surface area contributed by atoms with Gasteiger partial charge in [0.15, 0.2) is 34.6 Å². The van der Waals surface area contributed by atoms with E-state index in [2.05, 4.69) is 10.1 Å². The van der Waals surface area contributed by atoms with E-state index in [1.54, 1.807) is 12.1 Å². The summed E-state index contributed by atoms with van der Waals surface area (Å²) in [6.07, 6.45) is -10.3. The van der Waals surface area contributed by atoms with Gasteiger partial charge < -0.3 is 5.32 Å². The zero-order chi connectivity index (χ0) is 29.0. The van der Waals surface area contributed by atoms with Gasteiger partial charge in [-0.2, -0.15) is 31.4 Å². The highest BCUT2D eigenvalue weighted by molar-refractivity contribution is 6.08. The van der Waals surface area contributed by atoms with E-state index in [4.69, 9.17) is 0 Å². The first kappa shape index (κ1) is 27.9. The molecule has 0 fully saturated rings. The molecule has 5 nitrogen and oxygen atoms in total. The highest BCUT2D eigenvalue weighted by atomic mass is 19.4. The number of hydrogen-bond donors (Lipinski definition) is 1. The summed E-state index contributed by atoms with van der Waals surface area (Å²) in [7, 11) is 0. The van der Waals surface area contributed by atoms with Crippen LogP contribution in [0.4, 0.5) is 49.6 Å². The molecule has 39 heavy (non-hydrogen) atoms. The maximum absolute atomic E-state index is 14.3. The maximum atomic E-state index is 14.3. The Bertz CT molecular complexity index is 1560. The van der Waals surface area contributed by atoms with Crippen LogP contribution in [0.15, 0.2) is 36.5 Å². The molecule has 0 spiro atoms. The van der Waals surface area contributed by atoms with Gasteiger partial charge in [0.25, 0.3) is 5.91 Å². The van der Waals surface area contributed by atoms with Gasteiger partial charge in [0.2, 0.25) is 0 Å². The van der Waals surface area contributed by atoms with Crippen molar-refractivity contribution in [3.05, 3.63) is 82.2 Å². The van der Waals surface area contributed by atoms with Crippen LogP contribution < -0.4 is 5.32 Å². The number of carbonyl (C=O) groups excluding carboxylic acids is 1. The van der Waals surface area contributed by atoms with E-state index in [-0.39, 0.29) is 21.7 Å². The molecular formula is C24H14F10N4O. The fourth-order valence-electron chi connectivity index (χ4n) is 3.68. The average Bonchev–Trinajstić information content (AvgIpc) is 3.27. The standard InChI is InChI=1S/C24H14F10N4O/c1-9(2)10-3-5-11(6-4-10)13-7-14(23(29,30)31)38-21(36-13)12(8-35-38)22(39)37-20-18(27)16(25)15(24(32,33)34)17(26)19(20)28/h3-9H,1-2H3,(H,37,39). The molecule has 1 amide bonds. The van der Waals surface area contributed by atoms with Crippen LogP contribution in [0.25, 0.3) is 16.9 Å². The molecule has 0 saturated carbocycles. The molecule has 4 rings (SSSR count). The second-order valence-electron chi connectivity index (χ2n) is 8.55. The molecule has 0 aliphatic carbocycles. The van der Waals surface area contributed by atoms with Gasteiger partial charge in [0.05, 0.1) is 11.9 Å². The van der Waals surface area contributed by atoms with E-state index in [1.807, 2.05) is 13.8 Å². The summed E-state index contributed by atoms with van der Waals surface area (Å²) < 4.78 is 137. The lowest BCUT2D eigenvalue weighted by molar-refractivity contribution is -0.143. The summed E-state index contributed by atoms with van der Waals surface area (Å²) in [4.78, 5) is 16.7. The molecule has 4 aromatic rings. The van der Waals surface area contributed by atoms with Crippen molar-refractivity contribution >= 4 is 17.2 Å². The van der Waals surface area contributed by atoms with Gasteiger partial charge in [0.1, 0.15) is 16.8 Å². The summed E-state index contributed by atoms with van der Waals surface area (Å²) in [5, 5.41) is 4.80. The summed E-state index contributed by atoms with van der Waals surface area (Å²) in [6, 6.07) is 6.88. The van der Waals surface area contributed by atoms with Crippen LogP contribution in [0, 0.1) is 23.3 Å². The van der Waals surface area contributed by atoms with Gasteiger partial charge in [-0.1, -0.05) is 38.1 Å². The SMILES string of the molecule is CC(C)c1ccc(-c2cc(C(F)(F)F)n3ncc(C(=O)Nc4c(F)c(F)c(C(F)(F)F)c(F)c4F)c3n2)cc1. The van der Waals surface area contributed by atoms with E-state index in [0.29, 0.717) is 12.3 Å². The Kier molecular flexibility index (Phi) is 6.81. The third-order valence-corrected chi connectivity index (χ3v) is 5.67. The molecule has 0 unspecified atom stereocenters. The Morgan fingerprint density at radius 1 is 0.872 bits per heavy atom. The minimum absolute atomic E-state index is 0.103. The predicted molar refractivity (Wildman–Crippen MR) is 117 cm³/mol. The predicted octanol–water partition coefficient (Wildman–Crippen LogP) is 7.37. The zero-order valence-electron chi connectivity index (χ0n) is 19.6. The highest BCUT2D eigenvalue weighted by Crippen LogP contribution is 2.39. The number of rotatable bonds is 4. The van der Waals surface area contributed by atoms with Crippen molar-refractivity contribution in [3.63, 3.8) is 0 Å². The van der Waals surface area contributed by atoms with Crippen molar-refractivity contribution in [1.29, 1.82) is 0 Å². The molecule has 1 N–H and O–H groups in total. The van der Waals surface area contributed by atoms with E-state index in [9.17, 15) is 48.7 Å². The van der Waals surface area contributed by atoms with Gasteiger partial charge >= 0.3 is 12.4 Å². The normalized spacial score (nSPS) is 12.4. The number of hydrogen-bond acceptors (Lipinski definition) is 3. The first-order chi connectivity index (χ1) is 18.0. The average molecular weight is 564 g/mol. The quantitative estimate of drug-likeness (QED) is 0.208. The van der Waals surface area contributed by atoms with Crippen molar-refractivity contribution in [2.45, 2.75) is 32.1 Å². The number of aromatic nitrogens is 3. The molecule has 0 radical (unpaired) electrons. The van der Waals surface area contributed by atoms with Crippen LogP contribution in [0.3, 0.4) is 0 Å². The second kappa shape index (κ2) is 9.54. The van der Waals surface area contributed by atoms with Crippen LogP contribution in [-0.2, 0) is 12.4 Å². The van der Waals surface area contributed by atoms with Gasteiger partial charge in [-0.3, -0.25) is 4.79 Å². The van der Waals surface area contributed by atoms with Crippen molar-refractivity contribution < 1.29 is 48.7 Å². The fraction of sp³-hybridized carbons (Fsp3) is 0.208. The number of nitrogens with zero attached hydrogens (tertiary/aromatic N) is 3. The molecule has 0 atom stereocenters. The minimum atomic E-state index is -5.82. The molecule has 2 heterocycles. The first-order valence-corrected chi connectivity index (χ1v) is 10.8. The van der Waals surface area contributed by atoms with Crippen molar-refractivity contribution in [3.8, 4) is 11.3 Å². The lowest BCUT2D eigenvalue weighted by Gasteiger charge is -2.15. The van der Waals surface area contributed by atoms with E-state index >= 15 is 0 Å². The minimum Gasteiger partial charge on any atom is -0.317 e. The molecule has 0 aliphatic rings. The maximum Gasteiger partial charge on any atom is 0.433 e. The number of fused-ring (bicyclic) bond motifs is 1. The Balaban J connectivity index is 1.84.